The van der Waals surface area contributed by atoms with Crippen LogP contribution >= 0.6 is 11.8 Å². The van der Waals surface area contributed by atoms with Crippen molar-refractivity contribution in [1.29, 1.82) is 0 Å². The molecule has 11 heteroatoms. The number of aliphatic imine (C=N–C) groups is 1. The minimum atomic E-state index is -0.925. The van der Waals surface area contributed by atoms with Crippen LogP contribution in [0.4, 0.5) is 0 Å². The van der Waals surface area contributed by atoms with Crippen LogP contribution in [0, 0.1) is 0 Å². The van der Waals surface area contributed by atoms with Crippen molar-refractivity contribution in [1.82, 2.24) is 20.4 Å². The van der Waals surface area contributed by atoms with E-state index in [0.717, 1.165) is 38.5 Å². The zero-order chi connectivity index (χ0) is 26.3. The maximum atomic E-state index is 12.1. The first kappa shape index (κ1) is 30.8. The van der Waals surface area contributed by atoms with E-state index < -0.39 is 18.4 Å². The Hall–Kier alpha value is -1.40. The number of carbonyl (C=O) groups excluding carboxylic acids is 2. The lowest BCUT2D eigenvalue weighted by Crippen LogP contribution is -2.58. The van der Waals surface area contributed by atoms with Crippen LogP contribution in [0.5, 0.6) is 0 Å². The Balaban J connectivity index is 1.84. The van der Waals surface area contributed by atoms with Crippen LogP contribution in [0.2, 0.25) is 0 Å². The van der Waals surface area contributed by atoms with Crippen LogP contribution in [-0.4, -0.2) is 112 Å². The molecular weight excluding hydrogens is 482 g/mol. The van der Waals surface area contributed by atoms with E-state index in [9.17, 15) is 24.9 Å². The Morgan fingerprint density at radius 2 is 1.56 bits per heavy atom. The molecule has 2 heterocycles. The maximum absolute atomic E-state index is 12.1. The molecule has 5 N–H and O–H groups in total. The number of piperidine rings is 1. The maximum Gasteiger partial charge on any atom is 0.220 e. The zero-order valence-electron chi connectivity index (χ0n) is 22.0. The van der Waals surface area contributed by atoms with E-state index in [2.05, 4.69) is 34.4 Å². The highest BCUT2D eigenvalue weighted by Crippen LogP contribution is 2.34. The fourth-order valence-electron chi connectivity index (χ4n) is 4.50. The van der Waals surface area contributed by atoms with E-state index in [1.807, 2.05) is 0 Å². The molecule has 4 atom stereocenters. The number of nitrogens with one attached hydrogen (secondary N) is 2. The second-order valence-corrected chi connectivity index (χ2v) is 10.7. The standard InChI is InChI=1S/C25H47N5O5S/c1-3-5-7-9-21(32)26-11-14-29(15-12-27-22(33)10-8-6-4-2)16-13-28-25-30-19(18-36-25)24(35)20(31)17-23(30)34/h19-20,23-24,31,34-35H,3-18H2,1-2H3,(H,26,32)(H,27,33)/b28-25+/t19-,20-,23-,24-/m1/s1. The molecule has 2 rings (SSSR count). The molecule has 2 saturated heterocycles. The molecule has 0 aromatic rings. The Labute approximate surface area is 220 Å². The number of nitrogens with zero attached hydrogens (tertiary/aromatic N) is 3. The van der Waals surface area contributed by atoms with E-state index in [4.69, 9.17) is 0 Å². The van der Waals surface area contributed by atoms with Gasteiger partial charge in [0.05, 0.1) is 18.7 Å². The first-order valence-corrected chi connectivity index (χ1v) is 14.6. The normalized spacial score (nSPS) is 24.8. The van der Waals surface area contributed by atoms with Crippen LogP contribution in [0.1, 0.15) is 71.6 Å². The highest BCUT2D eigenvalue weighted by atomic mass is 32.2. The minimum absolute atomic E-state index is 0.0705. The van der Waals surface area contributed by atoms with Gasteiger partial charge < -0.3 is 30.9 Å². The summed E-state index contributed by atoms with van der Waals surface area (Å²) in [6.07, 6.45) is 4.60. The molecule has 0 unspecified atom stereocenters. The fraction of sp³-hybridized carbons (Fsp3) is 0.880. The number of fused-ring (bicyclic) bond motifs is 1. The number of amidine groups is 1. The Kier molecular flexibility index (Phi) is 14.7. The van der Waals surface area contributed by atoms with E-state index in [1.54, 1.807) is 4.90 Å². The fourth-order valence-corrected chi connectivity index (χ4v) is 5.76. The van der Waals surface area contributed by atoms with Crippen LogP contribution in [-0.2, 0) is 9.59 Å². The number of aliphatic hydroxyl groups is 3. The van der Waals surface area contributed by atoms with Gasteiger partial charge >= 0.3 is 0 Å². The summed E-state index contributed by atoms with van der Waals surface area (Å²) in [6.45, 7) is 7.75. The summed E-state index contributed by atoms with van der Waals surface area (Å²) in [4.78, 5) is 32.7. The molecule has 2 amide bonds. The van der Waals surface area contributed by atoms with Gasteiger partial charge in [-0.3, -0.25) is 19.5 Å². The van der Waals surface area contributed by atoms with Crippen molar-refractivity contribution in [2.75, 3.05) is 45.0 Å². The molecular formula is C25H47N5O5S. The summed E-state index contributed by atoms with van der Waals surface area (Å²) in [5, 5.41) is 37.3. The number of aliphatic hydroxyl groups excluding tert-OH is 3. The molecule has 36 heavy (non-hydrogen) atoms. The number of unbranched alkanes of at least 4 members (excludes halogenated alkanes) is 4. The second-order valence-electron chi connectivity index (χ2n) is 9.68. The summed E-state index contributed by atoms with van der Waals surface area (Å²) in [6, 6.07) is -0.338. The van der Waals surface area contributed by atoms with Gasteiger partial charge in [-0.2, -0.15) is 0 Å². The minimum Gasteiger partial charge on any atom is -0.390 e. The SMILES string of the molecule is CCCCCC(=O)NCCN(CC/N=C1/SC[C@@H]2[C@@H](O)[C@H](O)C[C@@H](O)N12)CCNC(=O)CCCCC. The van der Waals surface area contributed by atoms with Crippen LogP contribution in [0.3, 0.4) is 0 Å². The highest BCUT2D eigenvalue weighted by molar-refractivity contribution is 8.14. The Bertz CT molecular complexity index is 670. The Morgan fingerprint density at radius 1 is 0.972 bits per heavy atom. The zero-order valence-corrected chi connectivity index (χ0v) is 22.8. The third-order valence-electron chi connectivity index (χ3n) is 6.70. The molecule has 208 valence electrons. The summed E-state index contributed by atoms with van der Waals surface area (Å²) in [7, 11) is 0. The monoisotopic (exact) mass is 529 g/mol. The predicted molar refractivity (Wildman–Crippen MR) is 144 cm³/mol. The molecule has 0 saturated carbocycles. The van der Waals surface area contributed by atoms with Crippen LogP contribution in [0.25, 0.3) is 0 Å². The van der Waals surface area contributed by atoms with Gasteiger partial charge in [-0.1, -0.05) is 51.3 Å². The van der Waals surface area contributed by atoms with E-state index >= 15 is 0 Å². The van der Waals surface area contributed by atoms with Gasteiger partial charge in [-0.15, -0.1) is 0 Å². The summed E-state index contributed by atoms with van der Waals surface area (Å²) < 4.78 is 0. The van der Waals surface area contributed by atoms with Crippen molar-refractivity contribution >= 4 is 28.7 Å². The number of rotatable bonds is 17. The molecule has 0 spiro atoms. The third kappa shape index (κ3) is 10.5. The van der Waals surface area contributed by atoms with Gasteiger partial charge in [0, 0.05) is 57.7 Å². The van der Waals surface area contributed by atoms with Gasteiger partial charge in [-0.25, -0.2) is 0 Å². The Morgan fingerprint density at radius 3 is 2.11 bits per heavy atom. The largest absolute Gasteiger partial charge is 0.390 e. The number of carbonyl (C=O) groups is 2. The lowest BCUT2D eigenvalue weighted by Gasteiger charge is -2.41. The first-order chi connectivity index (χ1) is 17.4. The van der Waals surface area contributed by atoms with Gasteiger partial charge in [-0.05, 0) is 12.8 Å². The number of hydrogen-bond acceptors (Lipinski definition) is 8. The number of amides is 2. The predicted octanol–water partition coefficient (Wildman–Crippen LogP) is 0.899. The molecule has 0 aromatic carbocycles. The first-order valence-electron chi connectivity index (χ1n) is 13.6. The smallest absolute Gasteiger partial charge is 0.220 e. The summed E-state index contributed by atoms with van der Waals surface area (Å²) in [5.41, 5.74) is 0. The molecule has 0 bridgehead atoms. The highest BCUT2D eigenvalue weighted by Gasteiger charge is 2.46. The van der Waals surface area contributed by atoms with E-state index in [0.29, 0.717) is 63.0 Å². The number of hydrogen-bond donors (Lipinski definition) is 5. The topological polar surface area (TPSA) is 138 Å². The van der Waals surface area contributed by atoms with Crippen molar-refractivity contribution in [2.45, 2.75) is 96.1 Å². The van der Waals surface area contributed by atoms with Crippen molar-refractivity contribution in [3.05, 3.63) is 0 Å². The molecule has 0 radical (unpaired) electrons. The van der Waals surface area contributed by atoms with Crippen molar-refractivity contribution in [3.8, 4) is 0 Å². The van der Waals surface area contributed by atoms with Crippen LogP contribution in [0.15, 0.2) is 4.99 Å². The van der Waals surface area contributed by atoms with Gasteiger partial charge in [0.15, 0.2) is 5.17 Å². The summed E-state index contributed by atoms with van der Waals surface area (Å²) >= 11 is 1.48. The van der Waals surface area contributed by atoms with Gasteiger partial charge in [0.2, 0.25) is 11.8 Å². The second kappa shape index (κ2) is 17.2. The average Bonchev–Trinajstić information content (AvgIpc) is 3.27. The molecule has 0 aliphatic carbocycles. The summed E-state index contributed by atoms with van der Waals surface area (Å²) in [5.74, 6) is 0.716. The van der Waals surface area contributed by atoms with Crippen molar-refractivity contribution in [2.24, 2.45) is 4.99 Å². The average molecular weight is 530 g/mol. The van der Waals surface area contributed by atoms with Gasteiger partial charge in [0.1, 0.15) is 12.3 Å². The molecule has 2 fully saturated rings. The van der Waals surface area contributed by atoms with Crippen molar-refractivity contribution in [3.63, 3.8) is 0 Å². The molecule has 10 nitrogen and oxygen atoms in total. The molecule has 2 aliphatic rings. The van der Waals surface area contributed by atoms with Gasteiger partial charge in [0.25, 0.3) is 0 Å². The lowest BCUT2D eigenvalue weighted by molar-refractivity contribution is -0.121. The van der Waals surface area contributed by atoms with E-state index in [1.165, 1.54) is 11.8 Å². The van der Waals surface area contributed by atoms with E-state index in [-0.39, 0.29) is 24.3 Å². The molecule has 0 aromatic heterocycles. The third-order valence-corrected chi connectivity index (χ3v) is 7.81. The van der Waals surface area contributed by atoms with Crippen molar-refractivity contribution < 1.29 is 24.9 Å². The lowest BCUT2D eigenvalue weighted by atomic mass is 9.96. The quantitative estimate of drug-likeness (QED) is 0.175. The molecule has 2 aliphatic heterocycles. The number of thioether (sulfide) groups is 1. The van der Waals surface area contributed by atoms with Crippen LogP contribution < -0.4 is 10.6 Å².